The van der Waals surface area contributed by atoms with Crippen LogP contribution < -0.4 is 5.43 Å². The van der Waals surface area contributed by atoms with Crippen LogP contribution in [0.4, 0.5) is 13.2 Å². The van der Waals surface area contributed by atoms with Gasteiger partial charge in [0.15, 0.2) is 0 Å². The van der Waals surface area contributed by atoms with Gasteiger partial charge in [-0.05, 0) is 17.7 Å². The molecule has 0 bridgehead atoms. The number of halogens is 3. The van der Waals surface area contributed by atoms with Gasteiger partial charge in [0.2, 0.25) is 0 Å². The number of nitrogens with one attached hydrogen (secondary N) is 1. The van der Waals surface area contributed by atoms with Gasteiger partial charge >= 0.3 is 12.1 Å². The normalized spacial score (nSPS) is 11.4. The highest BCUT2D eigenvalue weighted by Crippen LogP contribution is 2.29. The Morgan fingerprint density at radius 2 is 2.00 bits per heavy atom. The number of nitrogens with zero attached hydrogens (tertiary/aromatic N) is 2. The third-order valence-corrected chi connectivity index (χ3v) is 2.72. The summed E-state index contributed by atoms with van der Waals surface area (Å²) < 4.78 is 42.1. The molecule has 0 aliphatic rings. The van der Waals surface area contributed by atoms with Crippen molar-refractivity contribution in [3.8, 4) is 0 Å². The number of alkyl halides is 3. The van der Waals surface area contributed by atoms with Crippen molar-refractivity contribution in [3.63, 3.8) is 0 Å². The van der Waals surface area contributed by atoms with E-state index in [2.05, 4.69) is 10.4 Å². The van der Waals surface area contributed by atoms with Gasteiger partial charge in [0.05, 0.1) is 11.8 Å². The number of amides is 1. The minimum Gasteiger partial charge on any atom is -0.441 e. The molecule has 1 N–H and O–H groups in total. The van der Waals surface area contributed by atoms with Crippen molar-refractivity contribution >= 4 is 5.91 Å². The Kier molecular flexibility index (Phi) is 4.27. The maximum Gasteiger partial charge on any atom is 0.416 e. The lowest BCUT2D eigenvalue weighted by Gasteiger charge is -2.16. The molecular weight excluding hydrogens is 287 g/mol. The first-order chi connectivity index (χ1) is 9.88. The monoisotopic (exact) mass is 299 g/mol. The van der Waals surface area contributed by atoms with Gasteiger partial charge < -0.3 is 4.42 Å². The lowest BCUT2D eigenvalue weighted by molar-refractivity contribution is -0.137. The fourth-order valence-electron chi connectivity index (χ4n) is 1.57. The Hall–Kier alpha value is -2.35. The topological polar surface area (TPSA) is 58.4 Å². The van der Waals surface area contributed by atoms with E-state index in [1.54, 1.807) is 0 Å². The second-order valence-corrected chi connectivity index (χ2v) is 4.23. The first-order valence-corrected chi connectivity index (χ1v) is 5.95. The Morgan fingerprint density at radius 1 is 1.33 bits per heavy atom. The Bertz CT molecular complexity index is 594. The smallest absolute Gasteiger partial charge is 0.416 e. The SMILES string of the molecule is CN(NCc1ccc(C(F)(F)F)cc1)C(=O)c1ncco1. The average Bonchev–Trinajstić information content (AvgIpc) is 2.97. The van der Waals surface area contributed by atoms with Crippen LogP contribution >= 0.6 is 0 Å². The first-order valence-electron chi connectivity index (χ1n) is 5.95. The summed E-state index contributed by atoms with van der Waals surface area (Å²) in [6.07, 6.45) is -1.74. The van der Waals surface area contributed by atoms with Gasteiger partial charge in [-0.3, -0.25) is 9.80 Å². The molecule has 0 aliphatic carbocycles. The summed E-state index contributed by atoms with van der Waals surface area (Å²) in [4.78, 5) is 15.5. The fourth-order valence-corrected chi connectivity index (χ4v) is 1.57. The minimum atomic E-state index is -4.36. The van der Waals surface area contributed by atoms with Gasteiger partial charge in [-0.2, -0.15) is 13.2 Å². The minimum absolute atomic E-state index is 0.0718. The Morgan fingerprint density at radius 3 is 2.52 bits per heavy atom. The van der Waals surface area contributed by atoms with Crippen LogP contribution in [0.25, 0.3) is 0 Å². The van der Waals surface area contributed by atoms with Crippen molar-refractivity contribution in [1.29, 1.82) is 0 Å². The molecule has 1 aromatic carbocycles. The van der Waals surface area contributed by atoms with Crippen molar-refractivity contribution in [2.24, 2.45) is 0 Å². The van der Waals surface area contributed by atoms with E-state index in [0.29, 0.717) is 5.56 Å². The van der Waals surface area contributed by atoms with Crippen molar-refractivity contribution in [2.45, 2.75) is 12.7 Å². The van der Waals surface area contributed by atoms with Crippen molar-refractivity contribution in [1.82, 2.24) is 15.4 Å². The van der Waals surface area contributed by atoms with Crippen LogP contribution in [0.15, 0.2) is 41.1 Å². The van der Waals surface area contributed by atoms with Crippen LogP contribution in [0.3, 0.4) is 0 Å². The number of hydrogen-bond donors (Lipinski definition) is 1. The molecule has 1 heterocycles. The summed E-state index contributed by atoms with van der Waals surface area (Å²) in [5, 5.41) is 1.16. The maximum absolute atomic E-state index is 12.4. The van der Waals surface area contributed by atoms with Crippen molar-refractivity contribution in [3.05, 3.63) is 53.7 Å². The van der Waals surface area contributed by atoms with E-state index in [-0.39, 0.29) is 12.4 Å². The number of carbonyl (C=O) groups excluding carboxylic acids is 1. The largest absolute Gasteiger partial charge is 0.441 e. The molecule has 0 atom stereocenters. The second-order valence-electron chi connectivity index (χ2n) is 4.23. The number of rotatable bonds is 4. The Balaban J connectivity index is 1.92. The van der Waals surface area contributed by atoms with Crippen LogP contribution in [0, 0.1) is 0 Å². The van der Waals surface area contributed by atoms with Crippen LogP contribution in [-0.4, -0.2) is 22.9 Å². The summed E-state index contributed by atoms with van der Waals surface area (Å²) >= 11 is 0. The van der Waals surface area contributed by atoms with Crippen molar-refractivity contribution < 1.29 is 22.4 Å². The number of hydrazine groups is 1. The molecule has 21 heavy (non-hydrogen) atoms. The van der Waals surface area contributed by atoms with E-state index in [1.807, 2.05) is 0 Å². The number of oxazole rings is 1. The molecule has 0 spiro atoms. The third kappa shape index (κ3) is 3.82. The van der Waals surface area contributed by atoms with E-state index in [0.717, 1.165) is 17.1 Å². The molecule has 0 unspecified atom stereocenters. The molecule has 5 nitrogen and oxygen atoms in total. The zero-order valence-corrected chi connectivity index (χ0v) is 11.0. The third-order valence-electron chi connectivity index (χ3n) is 2.72. The summed E-state index contributed by atoms with van der Waals surface area (Å²) in [7, 11) is 1.47. The van der Waals surface area contributed by atoms with E-state index >= 15 is 0 Å². The number of aromatic nitrogens is 1. The first kappa shape index (κ1) is 15.0. The number of benzene rings is 1. The second kappa shape index (κ2) is 5.96. The van der Waals surface area contributed by atoms with Gasteiger partial charge in [-0.1, -0.05) is 12.1 Å². The van der Waals surface area contributed by atoms with Crippen LogP contribution in [0.5, 0.6) is 0 Å². The Labute approximate surface area is 118 Å². The number of carbonyl (C=O) groups is 1. The maximum atomic E-state index is 12.4. The van der Waals surface area contributed by atoms with Gasteiger partial charge in [-0.15, -0.1) is 0 Å². The van der Waals surface area contributed by atoms with Crippen molar-refractivity contribution in [2.75, 3.05) is 7.05 Å². The molecule has 0 aliphatic heterocycles. The zero-order chi connectivity index (χ0) is 15.5. The highest BCUT2D eigenvalue weighted by molar-refractivity contribution is 5.88. The lowest BCUT2D eigenvalue weighted by atomic mass is 10.1. The standard InChI is InChI=1S/C13H12F3N3O2/c1-19(12(20)11-17-6-7-21-11)18-8-9-2-4-10(5-3-9)13(14,15)16/h2-7,18H,8H2,1H3. The van der Waals surface area contributed by atoms with E-state index in [1.165, 1.54) is 31.6 Å². The molecule has 8 heteroatoms. The van der Waals surface area contributed by atoms with Crippen LogP contribution in [-0.2, 0) is 12.7 Å². The summed E-state index contributed by atoms with van der Waals surface area (Å²) in [6.45, 7) is 0.196. The molecule has 2 aromatic rings. The molecule has 1 aromatic heterocycles. The zero-order valence-electron chi connectivity index (χ0n) is 11.0. The average molecular weight is 299 g/mol. The molecule has 0 fully saturated rings. The van der Waals surface area contributed by atoms with E-state index in [9.17, 15) is 18.0 Å². The predicted octanol–water partition coefficient (Wildman–Crippen LogP) is 2.47. The molecule has 1 amide bonds. The van der Waals surface area contributed by atoms with Gasteiger partial charge in [-0.25, -0.2) is 10.4 Å². The predicted molar refractivity (Wildman–Crippen MR) is 66.9 cm³/mol. The van der Waals surface area contributed by atoms with Crippen LogP contribution in [0.1, 0.15) is 21.8 Å². The number of hydrogen-bond acceptors (Lipinski definition) is 4. The summed E-state index contributed by atoms with van der Waals surface area (Å²) in [5.41, 5.74) is 2.64. The van der Waals surface area contributed by atoms with Gasteiger partial charge in [0.25, 0.3) is 5.89 Å². The summed E-state index contributed by atoms with van der Waals surface area (Å²) in [6, 6.07) is 4.68. The molecule has 0 radical (unpaired) electrons. The van der Waals surface area contributed by atoms with E-state index < -0.39 is 17.6 Å². The molecular formula is C13H12F3N3O2. The van der Waals surface area contributed by atoms with E-state index in [4.69, 9.17) is 4.42 Å². The van der Waals surface area contributed by atoms with Gasteiger partial charge in [0, 0.05) is 13.6 Å². The highest BCUT2D eigenvalue weighted by atomic mass is 19.4. The quantitative estimate of drug-likeness (QED) is 0.881. The molecule has 112 valence electrons. The molecule has 0 saturated carbocycles. The lowest BCUT2D eigenvalue weighted by Crippen LogP contribution is -2.39. The fraction of sp³-hybridized carbons (Fsp3) is 0.231. The molecule has 0 saturated heterocycles. The highest BCUT2D eigenvalue weighted by Gasteiger charge is 2.29. The van der Waals surface area contributed by atoms with Gasteiger partial charge in [0.1, 0.15) is 6.26 Å². The summed E-state index contributed by atoms with van der Waals surface area (Å²) in [5.74, 6) is -0.552. The molecule has 2 rings (SSSR count). The van der Waals surface area contributed by atoms with Crippen LogP contribution in [0.2, 0.25) is 0 Å².